The number of methoxy groups -OCH3 is 2. The van der Waals surface area contributed by atoms with E-state index >= 15 is 0 Å². The zero-order valence-corrected chi connectivity index (χ0v) is 16.9. The summed E-state index contributed by atoms with van der Waals surface area (Å²) in [5.41, 5.74) is 2.90. The summed E-state index contributed by atoms with van der Waals surface area (Å²) in [6.45, 7) is 2.16. The Morgan fingerprint density at radius 2 is 2.00 bits per heavy atom. The van der Waals surface area contributed by atoms with Gasteiger partial charge in [-0.05, 0) is 42.1 Å². The van der Waals surface area contributed by atoms with E-state index < -0.39 is 0 Å². The Bertz CT molecular complexity index is 965. The van der Waals surface area contributed by atoms with Crippen molar-refractivity contribution in [3.63, 3.8) is 0 Å². The molecule has 3 aromatic rings. The van der Waals surface area contributed by atoms with Crippen LogP contribution in [-0.2, 0) is 24.3 Å². The fourth-order valence-electron chi connectivity index (χ4n) is 3.49. The van der Waals surface area contributed by atoms with Crippen molar-refractivity contribution < 1.29 is 14.3 Å². The number of fused-ring (bicyclic) bond motifs is 1. The van der Waals surface area contributed by atoms with Gasteiger partial charge in [0.2, 0.25) is 5.91 Å². The second-order valence-corrected chi connectivity index (χ2v) is 7.77. The number of carbonyl (C=O) groups excluding carboxylic acids is 1. The number of nitrogens with zero attached hydrogens (tertiary/aromatic N) is 3. The van der Waals surface area contributed by atoms with Crippen molar-refractivity contribution in [3.05, 3.63) is 52.3 Å². The SMILES string of the molecule is COc1ccc(-c2cc3n(n2)CCCN(C(=O)Cc2cccs2)C3)cc1OC. The van der Waals surface area contributed by atoms with Crippen molar-refractivity contribution in [2.24, 2.45) is 0 Å². The third kappa shape index (κ3) is 3.75. The van der Waals surface area contributed by atoms with E-state index in [0.29, 0.717) is 24.5 Å². The molecule has 1 aromatic carbocycles. The highest BCUT2D eigenvalue weighted by Crippen LogP contribution is 2.32. The molecule has 0 radical (unpaired) electrons. The quantitative estimate of drug-likeness (QED) is 0.660. The van der Waals surface area contributed by atoms with Crippen LogP contribution >= 0.6 is 11.3 Å². The van der Waals surface area contributed by atoms with Crippen molar-refractivity contribution in [2.45, 2.75) is 25.9 Å². The summed E-state index contributed by atoms with van der Waals surface area (Å²) in [6, 6.07) is 11.9. The first-order chi connectivity index (χ1) is 13.7. The topological polar surface area (TPSA) is 56.6 Å². The van der Waals surface area contributed by atoms with Gasteiger partial charge in [-0.3, -0.25) is 9.48 Å². The maximum absolute atomic E-state index is 12.7. The summed E-state index contributed by atoms with van der Waals surface area (Å²) in [6.07, 6.45) is 1.37. The third-order valence-electron chi connectivity index (χ3n) is 4.95. The zero-order valence-electron chi connectivity index (χ0n) is 16.1. The normalized spacial score (nSPS) is 13.7. The number of benzene rings is 1. The minimum Gasteiger partial charge on any atom is -0.493 e. The summed E-state index contributed by atoms with van der Waals surface area (Å²) in [5, 5.41) is 6.78. The zero-order chi connectivity index (χ0) is 19.5. The summed E-state index contributed by atoms with van der Waals surface area (Å²) in [5.74, 6) is 1.54. The highest BCUT2D eigenvalue weighted by Gasteiger charge is 2.21. The van der Waals surface area contributed by atoms with E-state index in [1.807, 2.05) is 45.3 Å². The molecule has 0 N–H and O–H groups in total. The van der Waals surface area contributed by atoms with Crippen LogP contribution in [0.25, 0.3) is 11.3 Å². The monoisotopic (exact) mass is 397 g/mol. The Balaban J connectivity index is 1.55. The summed E-state index contributed by atoms with van der Waals surface area (Å²) >= 11 is 1.63. The minimum atomic E-state index is 0.171. The number of amides is 1. The number of aryl methyl sites for hydroxylation is 1. The highest BCUT2D eigenvalue weighted by molar-refractivity contribution is 7.10. The van der Waals surface area contributed by atoms with Gasteiger partial charge in [-0.25, -0.2) is 0 Å². The molecular formula is C21H23N3O3S. The second-order valence-electron chi connectivity index (χ2n) is 6.74. The second kappa shape index (κ2) is 8.06. The number of carbonyl (C=O) groups is 1. The summed E-state index contributed by atoms with van der Waals surface area (Å²) < 4.78 is 12.7. The van der Waals surface area contributed by atoms with E-state index in [2.05, 4.69) is 6.07 Å². The number of aromatic nitrogens is 2. The smallest absolute Gasteiger partial charge is 0.228 e. The van der Waals surface area contributed by atoms with Crippen molar-refractivity contribution in [1.29, 1.82) is 0 Å². The Hall–Kier alpha value is -2.80. The molecule has 3 heterocycles. The van der Waals surface area contributed by atoms with Crippen LogP contribution in [0.3, 0.4) is 0 Å². The van der Waals surface area contributed by atoms with E-state index in [4.69, 9.17) is 14.6 Å². The molecule has 1 aliphatic rings. The Kier molecular flexibility index (Phi) is 5.34. The molecule has 0 aliphatic carbocycles. The lowest BCUT2D eigenvalue weighted by atomic mass is 10.1. The standard InChI is InChI=1S/C21H23N3O3S/c1-26-19-7-6-15(11-20(19)27-2)18-12-16-14-23(8-4-9-24(16)22-18)21(25)13-17-5-3-10-28-17/h3,5-7,10-12H,4,8-9,13-14H2,1-2H3. The fraction of sp³-hybridized carbons (Fsp3) is 0.333. The lowest BCUT2D eigenvalue weighted by molar-refractivity contribution is -0.131. The van der Waals surface area contributed by atoms with Gasteiger partial charge >= 0.3 is 0 Å². The molecule has 0 bridgehead atoms. The first-order valence-electron chi connectivity index (χ1n) is 9.27. The number of thiophene rings is 1. The Labute approximate surface area is 168 Å². The van der Waals surface area contributed by atoms with Gasteiger partial charge < -0.3 is 14.4 Å². The van der Waals surface area contributed by atoms with Crippen molar-refractivity contribution in [2.75, 3.05) is 20.8 Å². The van der Waals surface area contributed by atoms with Gasteiger partial charge in [-0.15, -0.1) is 11.3 Å². The molecule has 146 valence electrons. The lowest BCUT2D eigenvalue weighted by Gasteiger charge is -2.19. The van der Waals surface area contributed by atoms with Gasteiger partial charge in [0.1, 0.15) is 0 Å². The molecule has 0 saturated carbocycles. The van der Waals surface area contributed by atoms with E-state index in [9.17, 15) is 4.79 Å². The minimum absolute atomic E-state index is 0.171. The molecule has 0 spiro atoms. The Morgan fingerprint density at radius 1 is 1.14 bits per heavy atom. The van der Waals surface area contributed by atoms with Gasteiger partial charge in [-0.2, -0.15) is 5.10 Å². The van der Waals surface area contributed by atoms with Gasteiger partial charge in [0, 0.05) is 23.5 Å². The molecule has 1 amide bonds. The summed E-state index contributed by atoms with van der Waals surface area (Å²) in [4.78, 5) is 15.8. The van der Waals surface area contributed by atoms with Crippen LogP contribution in [0.4, 0.5) is 0 Å². The fourth-order valence-corrected chi connectivity index (χ4v) is 4.18. The van der Waals surface area contributed by atoms with Crippen LogP contribution < -0.4 is 9.47 Å². The molecule has 7 heteroatoms. The predicted octanol–water partition coefficient (Wildman–Crippen LogP) is 3.60. The molecule has 1 aliphatic heterocycles. The molecule has 2 aromatic heterocycles. The molecule has 6 nitrogen and oxygen atoms in total. The van der Waals surface area contributed by atoms with E-state index in [0.717, 1.165) is 41.3 Å². The van der Waals surface area contributed by atoms with Crippen LogP contribution in [0.2, 0.25) is 0 Å². The van der Waals surface area contributed by atoms with Crippen LogP contribution in [0, 0.1) is 0 Å². The molecule has 0 fully saturated rings. The number of ether oxygens (including phenoxy) is 2. The van der Waals surface area contributed by atoms with Crippen molar-refractivity contribution in [3.8, 4) is 22.8 Å². The van der Waals surface area contributed by atoms with E-state index in [1.165, 1.54) is 0 Å². The first-order valence-corrected chi connectivity index (χ1v) is 10.1. The van der Waals surface area contributed by atoms with Gasteiger partial charge in [0.25, 0.3) is 0 Å². The predicted molar refractivity (Wildman–Crippen MR) is 109 cm³/mol. The maximum atomic E-state index is 12.7. The molecular weight excluding hydrogens is 374 g/mol. The van der Waals surface area contributed by atoms with E-state index in [-0.39, 0.29) is 5.91 Å². The third-order valence-corrected chi connectivity index (χ3v) is 5.83. The maximum Gasteiger partial charge on any atom is 0.228 e. The average molecular weight is 398 g/mol. The number of hydrogen-bond acceptors (Lipinski definition) is 5. The number of rotatable bonds is 5. The van der Waals surface area contributed by atoms with Crippen LogP contribution in [0.5, 0.6) is 11.5 Å². The van der Waals surface area contributed by atoms with Gasteiger partial charge in [-0.1, -0.05) is 6.07 Å². The number of hydrogen-bond donors (Lipinski definition) is 0. The van der Waals surface area contributed by atoms with Crippen molar-refractivity contribution >= 4 is 17.2 Å². The highest BCUT2D eigenvalue weighted by atomic mass is 32.1. The molecule has 28 heavy (non-hydrogen) atoms. The lowest BCUT2D eigenvalue weighted by Crippen LogP contribution is -2.31. The molecule has 0 unspecified atom stereocenters. The van der Waals surface area contributed by atoms with Gasteiger partial charge in [0.15, 0.2) is 11.5 Å². The van der Waals surface area contributed by atoms with Crippen LogP contribution in [0.15, 0.2) is 41.8 Å². The average Bonchev–Trinajstić information content (AvgIpc) is 3.32. The largest absolute Gasteiger partial charge is 0.493 e. The van der Waals surface area contributed by atoms with Gasteiger partial charge in [0.05, 0.1) is 38.6 Å². The van der Waals surface area contributed by atoms with E-state index in [1.54, 1.807) is 25.6 Å². The Morgan fingerprint density at radius 3 is 2.75 bits per heavy atom. The van der Waals surface area contributed by atoms with Crippen LogP contribution in [-0.4, -0.2) is 41.4 Å². The molecule has 4 rings (SSSR count). The molecule has 0 atom stereocenters. The van der Waals surface area contributed by atoms with Crippen molar-refractivity contribution in [1.82, 2.24) is 14.7 Å². The first kappa shape index (κ1) is 18.6. The summed E-state index contributed by atoms with van der Waals surface area (Å²) in [7, 11) is 3.25. The van der Waals surface area contributed by atoms with Crippen LogP contribution in [0.1, 0.15) is 17.0 Å². The molecule has 0 saturated heterocycles.